The summed E-state index contributed by atoms with van der Waals surface area (Å²) in [6, 6.07) is 14.4. The fraction of sp³-hybridized carbons (Fsp3) is 0.364. The van der Waals surface area contributed by atoms with Gasteiger partial charge in [0, 0.05) is 5.56 Å². The molecule has 2 aromatic carbocycles. The summed E-state index contributed by atoms with van der Waals surface area (Å²) in [7, 11) is 1.58. The van der Waals surface area contributed by atoms with Gasteiger partial charge in [-0.05, 0) is 54.2 Å². The number of hydrogen-bond donors (Lipinski definition) is 2. The maximum Gasteiger partial charge on any atom is 0.251 e. The molecule has 0 saturated carbocycles. The molecule has 1 aliphatic rings. The number of fused-ring (bicyclic) bond motifs is 1. The second kappa shape index (κ2) is 8.25. The summed E-state index contributed by atoms with van der Waals surface area (Å²) in [6.07, 6.45) is 1.86. The fourth-order valence-electron chi connectivity index (χ4n) is 3.47. The van der Waals surface area contributed by atoms with Crippen molar-refractivity contribution in [3.05, 3.63) is 65.2 Å². The Kier molecular flexibility index (Phi) is 5.79. The van der Waals surface area contributed by atoms with Crippen LogP contribution >= 0.6 is 0 Å². The molecule has 2 atom stereocenters. The van der Waals surface area contributed by atoms with Gasteiger partial charge in [-0.2, -0.15) is 0 Å². The summed E-state index contributed by atoms with van der Waals surface area (Å²) in [5.41, 5.74) is 2.96. The van der Waals surface area contributed by atoms with Gasteiger partial charge in [0.25, 0.3) is 5.91 Å². The molecule has 27 heavy (non-hydrogen) atoms. The van der Waals surface area contributed by atoms with Crippen LogP contribution in [0.25, 0.3) is 0 Å². The van der Waals surface area contributed by atoms with Gasteiger partial charge in [-0.3, -0.25) is 9.59 Å². The molecule has 0 fully saturated rings. The van der Waals surface area contributed by atoms with Crippen LogP contribution in [0.1, 0.15) is 47.8 Å². The Labute approximate surface area is 160 Å². The highest BCUT2D eigenvalue weighted by molar-refractivity contribution is 5.97. The van der Waals surface area contributed by atoms with Crippen molar-refractivity contribution in [3.63, 3.8) is 0 Å². The minimum Gasteiger partial charge on any atom is -0.497 e. The number of methoxy groups -OCH3 is 1. The fourth-order valence-corrected chi connectivity index (χ4v) is 3.47. The highest BCUT2D eigenvalue weighted by Gasteiger charge is 2.29. The van der Waals surface area contributed by atoms with E-state index in [1.807, 2.05) is 26.0 Å². The van der Waals surface area contributed by atoms with Crippen LogP contribution in [0.4, 0.5) is 0 Å². The third kappa shape index (κ3) is 4.30. The first kappa shape index (κ1) is 19.0. The Morgan fingerprint density at radius 3 is 2.44 bits per heavy atom. The molecule has 2 aromatic rings. The first-order valence-electron chi connectivity index (χ1n) is 9.32. The van der Waals surface area contributed by atoms with Gasteiger partial charge < -0.3 is 15.4 Å². The molecule has 0 aliphatic heterocycles. The van der Waals surface area contributed by atoms with Gasteiger partial charge in [-0.15, -0.1) is 0 Å². The van der Waals surface area contributed by atoms with Gasteiger partial charge in [0.2, 0.25) is 5.91 Å². The molecule has 2 amide bonds. The van der Waals surface area contributed by atoms with Gasteiger partial charge in [-0.1, -0.05) is 38.1 Å². The second-order valence-corrected chi connectivity index (χ2v) is 7.22. The van der Waals surface area contributed by atoms with Crippen molar-refractivity contribution < 1.29 is 14.3 Å². The van der Waals surface area contributed by atoms with Gasteiger partial charge in [0.15, 0.2) is 0 Å². The maximum absolute atomic E-state index is 12.9. The molecule has 5 heteroatoms. The molecule has 0 aromatic heterocycles. The highest BCUT2D eigenvalue weighted by Crippen LogP contribution is 2.30. The monoisotopic (exact) mass is 366 g/mol. The lowest BCUT2D eigenvalue weighted by atomic mass is 10.0. The van der Waals surface area contributed by atoms with E-state index in [9.17, 15) is 9.59 Å². The molecule has 5 nitrogen and oxygen atoms in total. The molecular weight excluding hydrogens is 340 g/mol. The molecule has 2 unspecified atom stereocenters. The first-order valence-corrected chi connectivity index (χ1v) is 9.32. The second-order valence-electron chi connectivity index (χ2n) is 7.22. The minimum atomic E-state index is -0.590. The minimum absolute atomic E-state index is 0.00726. The lowest BCUT2D eigenvalue weighted by Gasteiger charge is -2.24. The van der Waals surface area contributed by atoms with Crippen molar-refractivity contribution >= 4 is 11.8 Å². The quantitative estimate of drug-likeness (QED) is 0.825. The van der Waals surface area contributed by atoms with Crippen molar-refractivity contribution in [2.24, 2.45) is 5.92 Å². The highest BCUT2D eigenvalue weighted by atomic mass is 16.5. The van der Waals surface area contributed by atoms with Gasteiger partial charge in [0.1, 0.15) is 11.8 Å². The Hall–Kier alpha value is -2.82. The van der Waals surface area contributed by atoms with Crippen LogP contribution in [0.3, 0.4) is 0 Å². The number of hydrogen-bond acceptors (Lipinski definition) is 3. The van der Waals surface area contributed by atoms with E-state index >= 15 is 0 Å². The lowest BCUT2D eigenvalue weighted by molar-refractivity contribution is -0.124. The van der Waals surface area contributed by atoms with Crippen molar-refractivity contribution in [1.82, 2.24) is 10.6 Å². The number of ether oxygens (including phenoxy) is 1. The summed E-state index contributed by atoms with van der Waals surface area (Å²) in [4.78, 5) is 25.4. The third-order valence-electron chi connectivity index (χ3n) is 5.04. The number of aryl methyl sites for hydroxylation is 1. The molecule has 3 rings (SSSR count). The molecule has 0 saturated heterocycles. The van der Waals surface area contributed by atoms with E-state index in [0.29, 0.717) is 11.3 Å². The number of nitrogens with one attached hydrogen (secondary N) is 2. The summed E-state index contributed by atoms with van der Waals surface area (Å²) in [5.74, 6) is 0.250. The Balaban J connectivity index is 1.68. The average molecular weight is 366 g/mol. The van der Waals surface area contributed by atoms with Crippen LogP contribution in [0.5, 0.6) is 5.75 Å². The lowest BCUT2D eigenvalue weighted by Crippen LogP contribution is -2.50. The number of benzene rings is 2. The molecule has 1 aliphatic carbocycles. The van der Waals surface area contributed by atoms with E-state index in [4.69, 9.17) is 4.74 Å². The Bertz CT molecular complexity index is 815. The van der Waals surface area contributed by atoms with E-state index in [2.05, 4.69) is 22.8 Å². The summed E-state index contributed by atoms with van der Waals surface area (Å²) >= 11 is 0. The van der Waals surface area contributed by atoms with Crippen molar-refractivity contribution in [1.29, 1.82) is 0 Å². The molecule has 142 valence electrons. The normalized spacial score (nSPS) is 16.5. The molecule has 2 N–H and O–H groups in total. The van der Waals surface area contributed by atoms with E-state index in [1.165, 1.54) is 11.1 Å². The van der Waals surface area contributed by atoms with E-state index in [1.54, 1.807) is 31.4 Å². The smallest absolute Gasteiger partial charge is 0.251 e. The van der Waals surface area contributed by atoms with Crippen LogP contribution in [-0.4, -0.2) is 25.0 Å². The Morgan fingerprint density at radius 2 is 1.78 bits per heavy atom. The third-order valence-corrected chi connectivity index (χ3v) is 5.04. The van der Waals surface area contributed by atoms with E-state index < -0.39 is 6.04 Å². The molecule has 0 bridgehead atoms. The van der Waals surface area contributed by atoms with E-state index in [-0.39, 0.29) is 23.8 Å². The summed E-state index contributed by atoms with van der Waals surface area (Å²) in [5, 5.41) is 5.99. The number of rotatable bonds is 6. The standard InChI is InChI=1S/C22H26N2O3/c1-14(2)20(24-21(25)16-8-11-17(27-3)12-9-16)22(26)23-19-13-10-15-6-4-5-7-18(15)19/h4-9,11-12,14,19-20H,10,13H2,1-3H3,(H,23,26)(H,24,25). The first-order chi connectivity index (χ1) is 13.0. The van der Waals surface area contributed by atoms with E-state index in [0.717, 1.165) is 12.8 Å². The van der Waals surface area contributed by atoms with Crippen LogP contribution in [0.2, 0.25) is 0 Å². The largest absolute Gasteiger partial charge is 0.497 e. The molecule has 0 spiro atoms. The maximum atomic E-state index is 12.9. The van der Waals surface area contributed by atoms with Crippen LogP contribution in [0, 0.1) is 5.92 Å². The van der Waals surface area contributed by atoms with Gasteiger partial charge >= 0.3 is 0 Å². The number of amides is 2. The summed E-state index contributed by atoms with van der Waals surface area (Å²) < 4.78 is 5.11. The Morgan fingerprint density at radius 1 is 1.07 bits per heavy atom. The predicted molar refractivity (Wildman–Crippen MR) is 105 cm³/mol. The van der Waals surface area contributed by atoms with Crippen molar-refractivity contribution in [2.45, 2.75) is 38.8 Å². The van der Waals surface area contributed by atoms with Crippen LogP contribution in [-0.2, 0) is 11.2 Å². The van der Waals surface area contributed by atoms with Gasteiger partial charge in [0.05, 0.1) is 13.2 Å². The number of carbonyl (C=O) groups excluding carboxylic acids is 2. The van der Waals surface area contributed by atoms with Crippen molar-refractivity contribution in [3.8, 4) is 5.75 Å². The molecule has 0 radical (unpaired) electrons. The zero-order valence-corrected chi connectivity index (χ0v) is 16.0. The SMILES string of the molecule is COc1ccc(C(=O)NC(C(=O)NC2CCc3ccccc32)C(C)C)cc1. The zero-order valence-electron chi connectivity index (χ0n) is 16.0. The molecule has 0 heterocycles. The predicted octanol–water partition coefficient (Wildman–Crippen LogP) is 3.25. The van der Waals surface area contributed by atoms with Gasteiger partial charge in [-0.25, -0.2) is 0 Å². The summed E-state index contributed by atoms with van der Waals surface area (Å²) in [6.45, 7) is 3.86. The zero-order chi connectivity index (χ0) is 19.4. The van der Waals surface area contributed by atoms with Crippen molar-refractivity contribution in [2.75, 3.05) is 7.11 Å². The number of carbonyl (C=O) groups is 2. The molecular formula is C22H26N2O3. The topological polar surface area (TPSA) is 67.4 Å². The van der Waals surface area contributed by atoms with Crippen LogP contribution < -0.4 is 15.4 Å². The van der Waals surface area contributed by atoms with Crippen LogP contribution in [0.15, 0.2) is 48.5 Å². The average Bonchev–Trinajstić information content (AvgIpc) is 3.08.